The summed E-state index contributed by atoms with van der Waals surface area (Å²) in [4.78, 5) is 25.2. The highest BCUT2D eigenvalue weighted by atomic mass is 16.2. The summed E-state index contributed by atoms with van der Waals surface area (Å²) < 4.78 is 1.89. The van der Waals surface area contributed by atoms with Gasteiger partial charge in [0.15, 0.2) is 0 Å². The summed E-state index contributed by atoms with van der Waals surface area (Å²) in [5.74, 6) is -0.0191. The zero-order valence-electron chi connectivity index (χ0n) is 10.1. The van der Waals surface area contributed by atoms with E-state index in [1.165, 1.54) is 0 Å². The maximum Gasteiger partial charge on any atom is 0.226 e. The van der Waals surface area contributed by atoms with Crippen molar-refractivity contribution in [3.05, 3.63) is 18.5 Å². The van der Waals surface area contributed by atoms with Gasteiger partial charge in [-0.05, 0) is 12.5 Å². The van der Waals surface area contributed by atoms with Crippen molar-refractivity contribution < 1.29 is 9.59 Å². The number of carbonyl (C=O) groups is 2. The number of nitrogens with zero attached hydrogens (tertiary/aromatic N) is 3. The maximum absolute atomic E-state index is 12.2. The van der Waals surface area contributed by atoms with E-state index in [-0.39, 0.29) is 17.7 Å². The Morgan fingerprint density at radius 1 is 1.44 bits per heavy atom. The van der Waals surface area contributed by atoms with Crippen LogP contribution in [0.15, 0.2) is 18.5 Å². The first kappa shape index (κ1) is 11.3. The Hall–Kier alpha value is -1.85. The Morgan fingerprint density at radius 2 is 2.28 bits per heavy atom. The minimum absolute atomic E-state index is 0.0104. The fraction of sp³-hybridized carbons (Fsp3) is 0.583. The second kappa shape index (κ2) is 4.44. The van der Waals surface area contributed by atoms with Gasteiger partial charge in [0.2, 0.25) is 11.8 Å². The summed E-state index contributed by atoms with van der Waals surface area (Å²) in [6.07, 6.45) is 4.76. The molecule has 1 aromatic heterocycles. The minimum Gasteiger partial charge on any atom is -0.356 e. The lowest BCUT2D eigenvalue weighted by Crippen LogP contribution is -2.54. The molecule has 96 valence electrons. The van der Waals surface area contributed by atoms with Gasteiger partial charge in [0, 0.05) is 44.4 Å². The van der Waals surface area contributed by atoms with Crippen LogP contribution in [0.1, 0.15) is 18.9 Å². The molecule has 6 nitrogen and oxygen atoms in total. The molecule has 2 amide bonds. The molecule has 0 aromatic carbocycles. The summed E-state index contributed by atoms with van der Waals surface area (Å²) in [5.41, 5.74) is 0. The number of hydrogen-bond acceptors (Lipinski definition) is 3. The predicted molar refractivity (Wildman–Crippen MR) is 63.6 cm³/mol. The molecule has 1 aromatic rings. The van der Waals surface area contributed by atoms with Gasteiger partial charge in [0.1, 0.15) is 0 Å². The van der Waals surface area contributed by atoms with E-state index in [0.717, 1.165) is 6.42 Å². The molecule has 0 radical (unpaired) electrons. The summed E-state index contributed by atoms with van der Waals surface area (Å²) >= 11 is 0. The van der Waals surface area contributed by atoms with E-state index >= 15 is 0 Å². The van der Waals surface area contributed by atoms with Crippen molar-refractivity contribution in [3.63, 3.8) is 0 Å². The highest BCUT2D eigenvalue weighted by Crippen LogP contribution is 2.25. The molecule has 0 aliphatic carbocycles. The molecular formula is C12H16N4O2. The summed E-state index contributed by atoms with van der Waals surface area (Å²) in [6, 6.07) is 2.18. The number of carbonyl (C=O) groups excluding carboxylic acids is 2. The van der Waals surface area contributed by atoms with Crippen LogP contribution >= 0.6 is 0 Å². The molecule has 3 heterocycles. The monoisotopic (exact) mass is 248 g/mol. The Balaban J connectivity index is 1.55. The largest absolute Gasteiger partial charge is 0.356 e. The minimum atomic E-state index is -0.127. The van der Waals surface area contributed by atoms with Crippen LogP contribution in [0.25, 0.3) is 0 Å². The highest BCUT2D eigenvalue weighted by molar-refractivity contribution is 5.87. The van der Waals surface area contributed by atoms with E-state index in [4.69, 9.17) is 0 Å². The predicted octanol–water partition coefficient (Wildman–Crippen LogP) is -0.207. The normalized spacial score (nSPS) is 24.6. The third-order valence-electron chi connectivity index (χ3n) is 3.67. The fourth-order valence-corrected chi connectivity index (χ4v) is 2.55. The van der Waals surface area contributed by atoms with Gasteiger partial charge in [-0.25, -0.2) is 0 Å². The van der Waals surface area contributed by atoms with Crippen LogP contribution in [0.3, 0.4) is 0 Å². The first-order valence-corrected chi connectivity index (χ1v) is 6.28. The van der Waals surface area contributed by atoms with E-state index in [2.05, 4.69) is 10.4 Å². The standard InChI is InChI=1S/C12H16N4O2/c17-11-6-9(2-4-13-11)12(18)15-7-10(8-15)16-5-1-3-14-16/h1,3,5,9-10H,2,4,6-8H2,(H,13,17). The maximum atomic E-state index is 12.2. The second-order valence-corrected chi connectivity index (χ2v) is 4.92. The highest BCUT2D eigenvalue weighted by Gasteiger charge is 2.37. The van der Waals surface area contributed by atoms with Crippen LogP contribution in [-0.2, 0) is 9.59 Å². The molecule has 0 saturated carbocycles. The average molecular weight is 248 g/mol. The van der Waals surface area contributed by atoms with Crippen molar-refractivity contribution in [3.8, 4) is 0 Å². The van der Waals surface area contributed by atoms with Crippen molar-refractivity contribution in [2.75, 3.05) is 19.6 Å². The van der Waals surface area contributed by atoms with Crippen molar-refractivity contribution >= 4 is 11.8 Å². The molecule has 1 atom stereocenters. The molecular weight excluding hydrogens is 232 g/mol. The van der Waals surface area contributed by atoms with E-state index < -0.39 is 0 Å². The summed E-state index contributed by atoms with van der Waals surface area (Å²) in [5, 5.41) is 6.92. The second-order valence-electron chi connectivity index (χ2n) is 4.92. The first-order valence-electron chi connectivity index (χ1n) is 6.28. The van der Waals surface area contributed by atoms with Crippen molar-refractivity contribution in [2.24, 2.45) is 5.92 Å². The smallest absolute Gasteiger partial charge is 0.226 e. The molecule has 6 heteroatoms. The van der Waals surface area contributed by atoms with E-state index in [0.29, 0.717) is 32.1 Å². The number of piperidine rings is 1. The molecule has 2 aliphatic rings. The fourth-order valence-electron chi connectivity index (χ4n) is 2.55. The lowest BCUT2D eigenvalue weighted by Gasteiger charge is -2.41. The van der Waals surface area contributed by atoms with Crippen LogP contribution < -0.4 is 5.32 Å². The van der Waals surface area contributed by atoms with Crippen molar-refractivity contribution in [2.45, 2.75) is 18.9 Å². The van der Waals surface area contributed by atoms with Crippen LogP contribution in [0.5, 0.6) is 0 Å². The SMILES string of the molecule is O=C1CC(C(=O)N2CC(n3cccn3)C2)CCN1. The number of likely N-dealkylation sites (tertiary alicyclic amines) is 1. The summed E-state index contributed by atoms with van der Waals surface area (Å²) in [7, 11) is 0. The topological polar surface area (TPSA) is 67.2 Å². The number of hydrogen-bond donors (Lipinski definition) is 1. The zero-order chi connectivity index (χ0) is 12.5. The van der Waals surface area contributed by atoms with Crippen LogP contribution in [0.2, 0.25) is 0 Å². The van der Waals surface area contributed by atoms with Gasteiger partial charge in [-0.1, -0.05) is 0 Å². The average Bonchev–Trinajstić information content (AvgIpc) is 2.80. The number of rotatable bonds is 2. The third-order valence-corrected chi connectivity index (χ3v) is 3.67. The zero-order valence-corrected chi connectivity index (χ0v) is 10.1. The van der Waals surface area contributed by atoms with Gasteiger partial charge in [0.05, 0.1) is 6.04 Å². The lowest BCUT2D eigenvalue weighted by molar-refractivity contribution is -0.145. The van der Waals surface area contributed by atoms with E-state index in [1.807, 2.05) is 21.8 Å². The van der Waals surface area contributed by atoms with Gasteiger partial charge in [0.25, 0.3) is 0 Å². The molecule has 0 bridgehead atoms. The number of amides is 2. The Labute approximate surface area is 105 Å². The molecule has 1 N–H and O–H groups in total. The van der Waals surface area contributed by atoms with Gasteiger partial charge >= 0.3 is 0 Å². The van der Waals surface area contributed by atoms with Crippen molar-refractivity contribution in [1.29, 1.82) is 0 Å². The molecule has 0 spiro atoms. The molecule has 1 unspecified atom stereocenters. The van der Waals surface area contributed by atoms with Crippen LogP contribution in [0, 0.1) is 5.92 Å². The van der Waals surface area contributed by atoms with Crippen molar-refractivity contribution in [1.82, 2.24) is 20.0 Å². The molecule has 2 saturated heterocycles. The summed E-state index contributed by atoms with van der Waals surface area (Å²) in [6.45, 7) is 2.03. The third kappa shape index (κ3) is 1.98. The van der Waals surface area contributed by atoms with Crippen LogP contribution in [0.4, 0.5) is 0 Å². The quantitative estimate of drug-likeness (QED) is 0.787. The molecule has 2 fully saturated rings. The van der Waals surface area contributed by atoms with Gasteiger partial charge in [-0.2, -0.15) is 5.10 Å². The number of nitrogens with one attached hydrogen (secondary N) is 1. The van der Waals surface area contributed by atoms with Gasteiger partial charge < -0.3 is 10.2 Å². The van der Waals surface area contributed by atoms with Crippen LogP contribution in [-0.4, -0.2) is 46.1 Å². The Kier molecular flexibility index (Phi) is 2.77. The van der Waals surface area contributed by atoms with Gasteiger partial charge in [-0.15, -0.1) is 0 Å². The number of aromatic nitrogens is 2. The Morgan fingerprint density at radius 3 is 2.94 bits per heavy atom. The molecule has 3 rings (SSSR count). The lowest BCUT2D eigenvalue weighted by atomic mass is 9.94. The molecule has 2 aliphatic heterocycles. The van der Waals surface area contributed by atoms with E-state index in [1.54, 1.807) is 6.20 Å². The van der Waals surface area contributed by atoms with Gasteiger partial charge in [-0.3, -0.25) is 14.3 Å². The molecule has 18 heavy (non-hydrogen) atoms. The van der Waals surface area contributed by atoms with E-state index in [9.17, 15) is 9.59 Å². The Bertz CT molecular complexity index is 451. The first-order chi connectivity index (χ1) is 8.74.